The van der Waals surface area contributed by atoms with Crippen LogP contribution in [0.25, 0.3) is 0 Å². The molecule has 16 heavy (non-hydrogen) atoms. The van der Waals surface area contributed by atoms with Gasteiger partial charge >= 0.3 is 0 Å². The highest BCUT2D eigenvalue weighted by Crippen LogP contribution is 2.19. The van der Waals surface area contributed by atoms with Gasteiger partial charge in [0.25, 0.3) is 0 Å². The predicted molar refractivity (Wildman–Crippen MR) is 62.1 cm³/mol. The molecule has 0 fully saturated rings. The molecule has 0 aliphatic rings. The molecule has 0 saturated carbocycles. The molecule has 0 radical (unpaired) electrons. The van der Waals surface area contributed by atoms with Gasteiger partial charge in [-0.1, -0.05) is 11.6 Å². The quantitative estimate of drug-likeness (QED) is 0.864. The highest BCUT2D eigenvalue weighted by molar-refractivity contribution is 6.30. The molecule has 0 saturated heterocycles. The van der Waals surface area contributed by atoms with Crippen LogP contribution in [0.5, 0.6) is 0 Å². The fourth-order valence-corrected chi connectivity index (χ4v) is 1.56. The van der Waals surface area contributed by atoms with Crippen LogP contribution in [-0.2, 0) is 6.54 Å². The number of aryl methyl sites for hydroxylation is 1. The zero-order chi connectivity index (χ0) is 11.5. The normalized spacial score (nSPS) is 10.4. The van der Waals surface area contributed by atoms with Crippen molar-refractivity contribution < 1.29 is 4.39 Å². The molecule has 2 rings (SSSR count). The summed E-state index contributed by atoms with van der Waals surface area (Å²) in [6.07, 6.45) is 1.71. The van der Waals surface area contributed by atoms with Crippen LogP contribution in [-0.4, -0.2) is 9.97 Å². The molecule has 1 aromatic carbocycles. The van der Waals surface area contributed by atoms with E-state index in [-0.39, 0.29) is 5.82 Å². The lowest BCUT2D eigenvalue weighted by Gasteiger charge is -2.06. The Bertz CT molecular complexity index is 496. The number of H-pyrrole nitrogens is 1. The van der Waals surface area contributed by atoms with Crippen molar-refractivity contribution in [2.24, 2.45) is 0 Å². The fourth-order valence-electron chi connectivity index (χ4n) is 1.38. The number of benzene rings is 1. The van der Waals surface area contributed by atoms with Gasteiger partial charge in [-0.3, -0.25) is 0 Å². The molecule has 0 bridgehead atoms. The average molecular weight is 240 g/mol. The minimum atomic E-state index is -0.319. The van der Waals surface area contributed by atoms with E-state index < -0.39 is 0 Å². The minimum Gasteiger partial charge on any atom is -0.377 e. The number of halogens is 2. The molecule has 0 atom stereocenters. The number of aromatic amines is 1. The fraction of sp³-hybridized carbons (Fsp3) is 0.182. The smallest absolute Gasteiger partial charge is 0.146 e. The van der Waals surface area contributed by atoms with Crippen LogP contribution >= 0.6 is 11.6 Å². The maximum Gasteiger partial charge on any atom is 0.146 e. The van der Waals surface area contributed by atoms with Gasteiger partial charge in [0.05, 0.1) is 24.1 Å². The zero-order valence-corrected chi connectivity index (χ0v) is 9.48. The van der Waals surface area contributed by atoms with Crippen molar-refractivity contribution in [3.8, 4) is 0 Å². The molecule has 0 amide bonds. The summed E-state index contributed by atoms with van der Waals surface area (Å²) in [6.45, 7) is 2.35. The van der Waals surface area contributed by atoms with Crippen LogP contribution in [0, 0.1) is 12.7 Å². The average Bonchev–Trinajstić information content (AvgIpc) is 2.66. The lowest BCUT2D eigenvalue weighted by atomic mass is 10.3. The number of nitrogens with zero attached hydrogens (tertiary/aromatic N) is 1. The van der Waals surface area contributed by atoms with E-state index in [4.69, 9.17) is 11.6 Å². The highest BCUT2D eigenvalue weighted by atomic mass is 35.5. The second kappa shape index (κ2) is 4.53. The van der Waals surface area contributed by atoms with Crippen LogP contribution in [0.1, 0.15) is 11.5 Å². The number of aromatic nitrogens is 2. The first-order valence-corrected chi connectivity index (χ1v) is 5.22. The molecule has 1 heterocycles. The van der Waals surface area contributed by atoms with E-state index in [1.165, 1.54) is 12.1 Å². The first-order chi connectivity index (χ1) is 7.65. The lowest BCUT2D eigenvalue weighted by molar-refractivity contribution is 0.630. The first-order valence-electron chi connectivity index (χ1n) is 4.84. The van der Waals surface area contributed by atoms with Crippen molar-refractivity contribution in [3.05, 3.63) is 46.8 Å². The van der Waals surface area contributed by atoms with Gasteiger partial charge in [0.15, 0.2) is 0 Å². The Morgan fingerprint density at radius 2 is 2.31 bits per heavy atom. The summed E-state index contributed by atoms with van der Waals surface area (Å²) in [5, 5.41) is 3.46. The second-order valence-electron chi connectivity index (χ2n) is 3.47. The van der Waals surface area contributed by atoms with Gasteiger partial charge in [-0.25, -0.2) is 9.37 Å². The maximum atomic E-state index is 13.3. The van der Waals surface area contributed by atoms with Crippen LogP contribution in [0.4, 0.5) is 10.1 Å². The molecule has 0 aliphatic heterocycles. The van der Waals surface area contributed by atoms with Crippen molar-refractivity contribution >= 4 is 17.3 Å². The lowest BCUT2D eigenvalue weighted by Crippen LogP contribution is -2.01. The Morgan fingerprint density at radius 3 is 3.00 bits per heavy atom. The van der Waals surface area contributed by atoms with Gasteiger partial charge in [-0.05, 0) is 25.1 Å². The number of nitrogens with one attached hydrogen (secondary N) is 2. The van der Waals surface area contributed by atoms with Gasteiger partial charge in [-0.2, -0.15) is 0 Å². The van der Waals surface area contributed by atoms with Gasteiger partial charge < -0.3 is 10.3 Å². The minimum absolute atomic E-state index is 0.319. The predicted octanol–water partition coefficient (Wildman–Crippen LogP) is 3.12. The Balaban J connectivity index is 2.07. The third kappa shape index (κ3) is 2.52. The molecule has 2 aromatic rings. The standard InChI is InChI=1S/C11H11ClFN3/c1-7-14-5-9(16-7)6-15-11-4-8(12)2-3-10(11)13/h2-5,15H,6H2,1H3,(H,14,16). The highest BCUT2D eigenvalue weighted by Gasteiger charge is 2.03. The van der Waals surface area contributed by atoms with E-state index in [2.05, 4.69) is 15.3 Å². The van der Waals surface area contributed by atoms with Crippen molar-refractivity contribution in [2.75, 3.05) is 5.32 Å². The van der Waals surface area contributed by atoms with Gasteiger partial charge in [0.1, 0.15) is 11.6 Å². The van der Waals surface area contributed by atoms with Gasteiger partial charge in [0, 0.05) is 5.02 Å². The monoisotopic (exact) mass is 239 g/mol. The van der Waals surface area contributed by atoms with Crippen molar-refractivity contribution in [2.45, 2.75) is 13.5 Å². The summed E-state index contributed by atoms with van der Waals surface area (Å²) in [5.41, 5.74) is 1.29. The third-order valence-electron chi connectivity index (χ3n) is 2.15. The number of hydrogen-bond acceptors (Lipinski definition) is 2. The van der Waals surface area contributed by atoms with E-state index in [0.29, 0.717) is 17.3 Å². The van der Waals surface area contributed by atoms with Crippen molar-refractivity contribution in [1.29, 1.82) is 0 Å². The second-order valence-corrected chi connectivity index (χ2v) is 3.91. The van der Waals surface area contributed by atoms with Crippen LogP contribution in [0.15, 0.2) is 24.4 Å². The topological polar surface area (TPSA) is 40.7 Å². The van der Waals surface area contributed by atoms with Crippen molar-refractivity contribution in [1.82, 2.24) is 9.97 Å². The molecule has 3 nitrogen and oxygen atoms in total. The molecule has 0 unspecified atom stereocenters. The molecule has 2 N–H and O–H groups in total. The summed E-state index contributed by atoms with van der Waals surface area (Å²) in [5.74, 6) is 0.518. The van der Waals surface area contributed by atoms with E-state index in [1.807, 2.05) is 6.92 Å². The summed E-state index contributed by atoms with van der Waals surface area (Å²) in [7, 11) is 0. The van der Waals surface area contributed by atoms with Crippen LogP contribution in [0.2, 0.25) is 5.02 Å². The van der Waals surface area contributed by atoms with E-state index >= 15 is 0 Å². The maximum absolute atomic E-state index is 13.3. The van der Waals surface area contributed by atoms with Crippen LogP contribution < -0.4 is 5.32 Å². The molecular formula is C11H11ClFN3. The Kier molecular flexibility index (Phi) is 3.10. The number of rotatable bonds is 3. The molecule has 84 valence electrons. The van der Waals surface area contributed by atoms with Gasteiger partial charge in [-0.15, -0.1) is 0 Å². The summed E-state index contributed by atoms with van der Waals surface area (Å²) >= 11 is 5.78. The van der Waals surface area contributed by atoms with E-state index in [0.717, 1.165) is 11.5 Å². The summed E-state index contributed by atoms with van der Waals surface area (Å²) < 4.78 is 13.3. The molecule has 1 aromatic heterocycles. The largest absolute Gasteiger partial charge is 0.377 e. The molecule has 5 heteroatoms. The van der Waals surface area contributed by atoms with Crippen molar-refractivity contribution in [3.63, 3.8) is 0 Å². The molecule has 0 aliphatic carbocycles. The van der Waals surface area contributed by atoms with Crippen LogP contribution in [0.3, 0.4) is 0 Å². The summed E-state index contributed by atoms with van der Waals surface area (Å²) in [6, 6.07) is 4.41. The number of imidazole rings is 1. The Morgan fingerprint density at radius 1 is 1.50 bits per heavy atom. The zero-order valence-electron chi connectivity index (χ0n) is 8.72. The first kappa shape index (κ1) is 11.0. The Hall–Kier alpha value is -1.55. The Labute approximate surface area is 97.7 Å². The third-order valence-corrected chi connectivity index (χ3v) is 2.39. The molecular weight excluding hydrogens is 229 g/mol. The van der Waals surface area contributed by atoms with E-state index in [9.17, 15) is 4.39 Å². The molecule has 0 spiro atoms. The SMILES string of the molecule is Cc1ncc(CNc2cc(Cl)ccc2F)[nH]1. The number of anilines is 1. The summed E-state index contributed by atoms with van der Waals surface area (Å²) in [4.78, 5) is 7.10. The van der Waals surface area contributed by atoms with Gasteiger partial charge in [0.2, 0.25) is 0 Å². The van der Waals surface area contributed by atoms with E-state index in [1.54, 1.807) is 12.3 Å². The number of hydrogen-bond donors (Lipinski definition) is 2.